The molecule has 0 spiro atoms. The Kier molecular flexibility index (Phi) is 3.90. The number of oxazole rings is 1. The van der Waals surface area contributed by atoms with Crippen LogP contribution in [-0.2, 0) is 16.6 Å². The van der Waals surface area contributed by atoms with Crippen LogP contribution in [0.2, 0.25) is 5.02 Å². The highest BCUT2D eigenvalue weighted by Crippen LogP contribution is 2.18. The van der Waals surface area contributed by atoms with Crippen molar-refractivity contribution in [1.29, 1.82) is 0 Å². The number of aryl methyl sites for hydroxylation is 1. The molecule has 0 aliphatic rings. The van der Waals surface area contributed by atoms with Gasteiger partial charge >= 0.3 is 0 Å². The highest BCUT2D eigenvalue weighted by Gasteiger charge is 2.14. The van der Waals surface area contributed by atoms with E-state index in [1.54, 1.807) is 31.2 Å². The molecule has 0 atom stereocenters. The first kappa shape index (κ1) is 15.0. The molecule has 7 heteroatoms. The molecule has 0 amide bonds. The molecule has 0 radical (unpaired) electrons. The topological polar surface area (TPSA) is 72.2 Å². The molecule has 3 aromatic rings. The molecule has 0 aliphatic heterocycles. The maximum absolute atomic E-state index is 12.2. The Morgan fingerprint density at radius 1 is 1.23 bits per heavy atom. The molecule has 3 rings (SSSR count). The van der Waals surface area contributed by atoms with Crippen LogP contribution in [-0.4, -0.2) is 13.4 Å². The Morgan fingerprint density at radius 3 is 2.82 bits per heavy atom. The van der Waals surface area contributed by atoms with Crippen molar-refractivity contribution in [2.24, 2.45) is 0 Å². The molecule has 1 heterocycles. The number of rotatable bonds is 4. The van der Waals surface area contributed by atoms with Gasteiger partial charge in [-0.3, -0.25) is 0 Å². The van der Waals surface area contributed by atoms with Crippen LogP contribution in [0.25, 0.3) is 11.1 Å². The van der Waals surface area contributed by atoms with E-state index >= 15 is 0 Å². The summed E-state index contributed by atoms with van der Waals surface area (Å²) in [4.78, 5) is 4.34. The largest absolute Gasteiger partial charge is 0.441 e. The smallest absolute Gasteiger partial charge is 0.240 e. The van der Waals surface area contributed by atoms with E-state index in [1.807, 2.05) is 6.07 Å². The fourth-order valence-electron chi connectivity index (χ4n) is 2.09. The minimum absolute atomic E-state index is 0.136. The van der Waals surface area contributed by atoms with Gasteiger partial charge in [-0.25, -0.2) is 18.1 Å². The Labute approximate surface area is 133 Å². The van der Waals surface area contributed by atoms with Crippen LogP contribution in [0.3, 0.4) is 0 Å². The molecular formula is C15H13ClN2O3S. The zero-order valence-corrected chi connectivity index (χ0v) is 13.3. The van der Waals surface area contributed by atoms with Gasteiger partial charge in [-0.1, -0.05) is 23.7 Å². The van der Waals surface area contributed by atoms with Gasteiger partial charge in [0, 0.05) is 18.5 Å². The lowest BCUT2D eigenvalue weighted by molar-refractivity contribution is 0.560. The number of hydrogen-bond acceptors (Lipinski definition) is 4. The van der Waals surface area contributed by atoms with Crippen LogP contribution in [0.4, 0.5) is 0 Å². The first-order valence-electron chi connectivity index (χ1n) is 6.55. The molecule has 22 heavy (non-hydrogen) atoms. The standard InChI is InChI=1S/C15H13ClN2O3S/c1-10-18-14-6-5-11(7-15(14)21-10)9-17-22(19,20)13-4-2-3-12(16)8-13/h2-8,17H,9H2,1H3. The van der Waals surface area contributed by atoms with Crippen LogP contribution in [0.5, 0.6) is 0 Å². The minimum Gasteiger partial charge on any atom is -0.441 e. The van der Waals surface area contributed by atoms with Gasteiger partial charge in [-0.15, -0.1) is 0 Å². The van der Waals surface area contributed by atoms with Gasteiger partial charge in [0.25, 0.3) is 0 Å². The number of aromatic nitrogens is 1. The van der Waals surface area contributed by atoms with Gasteiger partial charge in [-0.2, -0.15) is 0 Å². The van der Waals surface area contributed by atoms with E-state index in [4.69, 9.17) is 16.0 Å². The third-order valence-corrected chi connectivity index (χ3v) is 4.77. The van der Waals surface area contributed by atoms with Crippen molar-refractivity contribution in [3.8, 4) is 0 Å². The zero-order chi connectivity index (χ0) is 15.7. The summed E-state index contributed by atoms with van der Waals surface area (Å²) < 4.78 is 32.4. The quantitative estimate of drug-likeness (QED) is 0.793. The summed E-state index contributed by atoms with van der Waals surface area (Å²) >= 11 is 5.82. The number of halogens is 1. The fourth-order valence-corrected chi connectivity index (χ4v) is 3.41. The number of hydrogen-bond donors (Lipinski definition) is 1. The third kappa shape index (κ3) is 3.14. The number of sulfonamides is 1. The molecule has 2 aromatic carbocycles. The van der Waals surface area contributed by atoms with E-state index in [0.717, 1.165) is 11.1 Å². The lowest BCUT2D eigenvalue weighted by Crippen LogP contribution is -2.23. The molecule has 1 aromatic heterocycles. The summed E-state index contributed by atoms with van der Waals surface area (Å²) in [6.07, 6.45) is 0. The summed E-state index contributed by atoms with van der Waals surface area (Å²) in [7, 11) is -3.61. The molecule has 5 nitrogen and oxygen atoms in total. The average molecular weight is 337 g/mol. The average Bonchev–Trinajstić information content (AvgIpc) is 2.84. The fraction of sp³-hybridized carbons (Fsp3) is 0.133. The first-order valence-corrected chi connectivity index (χ1v) is 8.41. The van der Waals surface area contributed by atoms with Crippen LogP contribution in [0.1, 0.15) is 11.5 Å². The summed E-state index contributed by atoms with van der Waals surface area (Å²) in [5, 5.41) is 0.376. The maximum Gasteiger partial charge on any atom is 0.240 e. The Hall–Kier alpha value is -1.89. The number of nitrogens with zero attached hydrogens (tertiary/aromatic N) is 1. The molecule has 1 N–H and O–H groups in total. The van der Waals surface area contributed by atoms with Crippen LogP contribution in [0, 0.1) is 6.92 Å². The van der Waals surface area contributed by atoms with Crippen molar-refractivity contribution < 1.29 is 12.8 Å². The maximum atomic E-state index is 12.2. The predicted octanol–water partition coefficient (Wildman–Crippen LogP) is 3.27. The second-order valence-corrected chi connectivity index (χ2v) is 7.02. The summed E-state index contributed by atoms with van der Waals surface area (Å²) in [5.41, 5.74) is 2.17. The first-order chi connectivity index (χ1) is 10.4. The predicted molar refractivity (Wildman–Crippen MR) is 84.2 cm³/mol. The van der Waals surface area contributed by atoms with Crippen LogP contribution >= 0.6 is 11.6 Å². The minimum atomic E-state index is -3.61. The van der Waals surface area contributed by atoms with Gasteiger partial charge in [0.05, 0.1) is 4.90 Å². The van der Waals surface area contributed by atoms with Gasteiger partial charge in [0.15, 0.2) is 11.5 Å². The van der Waals surface area contributed by atoms with Crippen molar-refractivity contribution in [2.45, 2.75) is 18.4 Å². The van der Waals surface area contributed by atoms with Crippen molar-refractivity contribution in [3.63, 3.8) is 0 Å². The summed E-state index contributed by atoms with van der Waals surface area (Å²) in [6, 6.07) is 11.5. The molecule has 0 saturated carbocycles. The summed E-state index contributed by atoms with van der Waals surface area (Å²) in [6.45, 7) is 1.92. The lowest BCUT2D eigenvalue weighted by atomic mass is 10.2. The van der Waals surface area contributed by atoms with E-state index in [1.165, 1.54) is 12.1 Å². The van der Waals surface area contributed by atoms with E-state index < -0.39 is 10.0 Å². The van der Waals surface area contributed by atoms with Gasteiger partial charge < -0.3 is 4.42 Å². The monoisotopic (exact) mass is 336 g/mol. The Bertz CT molecular complexity index is 935. The molecular weight excluding hydrogens is 324 g/mol. The molecule has 0 unspecified atom stereocenters. The van der Waals surface area contributed by atoms with Gasteiger partial charge in [0.1, 0.15) is 5.52 Å². The number of nitrogens with one attached hydrogen (secondary N) is 1. The highest BCUT2D eigenvalue weighted by atomic mass is 35.5. The normalized spacial score (nSPS) is 11.9. The van der Waals surface area contributed by atoms with E-state index in [2.05, 4.69) is 9.71 Å². The van der Waals surface area contributed by atoms with E-state index in [0.29, 0.717) is 16.5 Å². The Balaban J connectivity index is 1.80. The SMILES string of the molecule is Cc1nc2ccc(CNS(=O)(=O)c3cccc(Cl)c3)cc2o1. The van der Waals surface area contributed by atoms with Crippen LogP contribution in [0.15, 0.2) is 51.8 Å². The Morgan fingerprint density at radius 2 is 2.05 bits per heavy atom. The van der Waals surface area contributed by atoms with Crippen molar-refractivity contribution in [2.75, 3.05) is 0 Å². The number of fused-ring (bicyclic) bond motifs is 1. The highest BCUT2D eigenvalue weighted by molar-refractivity contribution is 7.89. The zero-order valence-electron chi connectivity index (χ0n) is 11.7. The van der Waals surface area contributed by atoms with Crippen LogP contribution < -0.4 is 4.72 Å². The summed E-state index contributed by atoms with van der Waals surface area (Å²) in [5.74, 6) is 0.576. The second-order valence-electron chi connectivity index (χ2n) is 4.82. The van der Waals surface area contributed by atoms with Gasteiger partial charge in [0.2, 0.25) is 10.0 Å². The van der Waals surface area contributed by atoms with Crippen molar-refractivity contribution >= 4 is 32.7 Å². The van der Waals surface area contributed by atoms with Gasteiger partial charge in [-0.05, 0) is 35.9 Å². The third-order valence-electron chi connectivity index (χ3n) is 3.13. The number of benzene rings is 2. The van der Waals surface area contributed by atoms with E-state index in [-0.39, 0.29) is 11.4 Å². The molecule has 0 bridgehead atoms. The second kappa shape index (κ2) is 5.72. The van der Waals surface area contributed by atoms with Crippen molar-refractivity contribution in [1.82, 2.24) is 9.71 Å². The molecule has 114 valence electrons. The van der Waals surface area contributed by atoms with E-state index in [9.17, 15) is 8.42 Å². The van der Waals surface area contributed by atoms with Crippen molar-refractivity contribution in [3.05, 3.63) is 58.9 Å². The molecule has 0 fully saturated rings. The molecule has 0 saturated heterocycles. The molecule has 0 aliphatic carbocycles. The lowest BCUT2D eigenvalue weighted by Gasteiger charge is -2.07.